The number of nitriles is 1. The molecule has 4 rings (SSSR count). The molecule has 0 spiro atoms. The molecule has 0 bridgehead atoms. The van der Waals surface area contributed by atoms with E-state index < -0.39 is 0 Å². The molecule has 6 heteroatoms. The van der Waals surface area contributed by atoms with Gasteiger partial charge < -0.3 is 15.0 Å². The van der Waals surface area contributed by atoms with Crippen LogP contribution in [0.1, 0.15) is 34.3 Å². The first-order valence-electron chi connectivity index (χ1n) is 10.0. The van der Waals surface area contributed by atoms with E-state index in [4.69, 9.17) is 10.00 Å². The van der Waals surface area contributed by atoms with E-state index in [1.807, 2.05) is 13.0 Å². The molecule has 1 fully saturated rings. The van der Waals surface area contributed by atoms with E-state index in [0.717, 1.165) is 24.2 Å². The number of aryl methyl sites for hydroxylation is 1. The zero-order chi connectivity index (χ0) is 21.8. The molecule has 1 N–H and O–H groups in total. The minimum Gasteiger partial charge on any atom is -0.457 e. The number of ether oxygens (including phenoxy) is 1. The van der Waals surface area contributed by atoms with Gasteiger partial charge in [0.25, 0.3) is 5.91 Å². The highest BCUT2D eigenvalue weighted by Gasteiger charge is 2.21. The summed E-state index contributed by atoms with van der Waals surface area (Å²) in [6.45, 7) is 2.61. The van der Waals surface area contributed by atoms with Crippen molar-refractivity contribution in [3.8, 4) is 17.6 Å². The van der Waals surface area contributed by atoms with E-state index >= 15 is 0 Å². The number of nitrogens with zero attached hydrogens (tertiary/aromatic N) is 2. The molecule has 3 aromatic rings. The summed E-state index contributed by atoms with van der Waals surface area (Å²) in [6, 6.07) is 21.4. The standard InChI is InChI=1S/C25H21N3O3/c1-17-15-22(31-21-10-4-18(16-26)5-11-21)12-13-23(17)27-25(30)19-6-8-20(9-7-19)28-14-2-3-24(28)29/h4-13,15H,2-3,14H2,1H3,(H,27,30). The number of rotatable bonds is 5. The molecule has 2 amide bonds. The summed E-state index contributed by atoms with van der Waals surface area (Å²) in [6.07, 6.45) is 1.44. The summed E-state index contributed by atoms with van der Waals surface area (Å²) in [7, 11) is 0. The van der Waals surface area contributed by atoms with Crippen LogP contribution >= 0.6 is 0 Å². The number of nitrogens with one attached hydrogen (secondary N) is 1. The molecule has 0 saturated carbocycles. The molecule has 1 aliphatic heterocycles. The molecule has 0 aliphatic carbocycles. The predicted molar refractivity (Wildman–Crippen MR) is 118 cm³/mol. The predicted octanol–water partition coefficient (Wildman–Crippen LogP) is 5.04. The molecule has 0 atom stereocenters. The van der Waals surface area contributed by atoms with Crippen LogP contribution in [-0.4, -0.2) is 18.4 Å². The Balaban J connectivity index is 1.42. The molecule has 3 aromatic carbocycles. The number of carbonyl (C=O) groups is 2. The Morgan fingerprint density at radius 1 is 1.03 bits per heavy atom. The van der Waals surface area contributed by atoms with Crippen LogP contribution in [0.4, 0.5) is 11.4 Å². The van der Waals surface area contributed by atoms with Gasteiger partial charge in [0, 0.05) is 29.9 Å². The van der Waals surface area contributed by atoms with E-state index in [1.165, 1.54) is 0 Å². The van der Waals surface area contributed by atoms with Crippen LogP contribution in [0.15, 0.2) is 66.7 Å². The molecule has 6 nitrogen and oxygen atoms in total. The minimum absolute atomic E-state index is 0.121. The molecule has 154 valence electrons. The van der Waals surface area contributed by atoms with Gasteiger partial charge in [-0.15, -0.1) is 0 Å². The molecule has 31 heavy (non-hydrogen) atoms. The van der Waals surface area contributed by atoms with Crippen LogP contribution in [0.2, 0.25) is 0 Å². The average Bonchev–Trinajstić information content (AvgIpc) is 3.22. The summed E-state index contributed by atoms with van der Waals surface area (Å²) >= 11 is 0. The molecular formula is C25H21N3O3. The lowest BCUT2D eigenvalue weighted by Crippen LogP contribution is -2.23. The van der Waals surface area contributed by atoms with Crippen molar-refractivity contribution in [2.45, 2.75) is 19.8 Å². The second kappa shape index (κ2) is 8.72. The number of hydrogen-bond acceptors (Lipinski definition) is 4. The van der Waals surface area contributed by atoms with E-state index in [-0.39, 0.29) is 11.8 Å². The van der Waals surface area contributed by atoms with Gasteiger partial charge in [-0.1, -0.05) is 0 Å². The number of benzene rings is 3. The van der Waals surface area contributed by atoms with E-state index in [1.54, 1.807) is 65.6 Å². The maximum absolute atomic E-state index is 12.7. The molecule has 0 aromatic heterocycles. The van der Waals surface area contributed by atoms with Gasteiger partial charge in [-0.05, 0) is 85.6 Å². The third kappa shape index (κ3) is 4.57. The van der Waals surface area contributed by atoms with Crippen molar-refractivity contribution in [1.82, 2.24) is 0 Å². The van der Waals surface area contributed by atoms with Gasteiger partial charge >= 0.3 is 0 Å². The zero-order valence-corrected chi connectivity index (χ0v) is 17.1. The fourth-order valence-corrected chi connectivity index (χ4v) is 3.48. The fraction of sp³-hybridized carbons (Fsp3) is 0.160. The molecule has 1 saturated heterocycles. The fourth-order valence-electron chi connectivity index (χ4n) is 3.48. The highest BCUT2D eigenvalue weighted by Crippen LogP contribution is 2.27. The quantitative estimate of drug-likeness (QED) is 0.638. The second-order valence-electron chi connectivity index (χ2n) is 7.36. The van der Waals surface area contributed by atoms with Crippen LogP contribution in [0, 0.1) is 18.3 Å². The van der Waals surface area contributed by atoms with Gasteiger partial charge in [0.15, 0.2) is 0 Å². The Morgan fingerprint density at radius 2 is 1.74 bits per heavy atom. The van der Waals surface area contributed by atoms with Crippen molar-refractivity contribution >= 4 is 23.2 Å². The lowest BCUT2D eigenvalue weighted by Gasteiger charge is -2.16. The van der Waals surface area contributed by atoms with Crippen LogP contribution in [-0.2, 0) is 4.79 Å². The van der Waals surface area contributed by atoms with E-state index in [2.05, 4.69) is 11.4 Å². The van der Waals surface area contributed by atoms with Gasteiger partial charge in [-0.2, -0.15) is 5.26 Å². The summed E-state index contributed by atoms with van der Waals surface area (Å²) < 4.78 is 5.82. The van der Waals surface area contributed by atoms with Gasteiger partial charge in [0.1, 0.15) is 11.5 Å². The molecular weight excluding hydrogens is 390 g/mol. The van der Waals surface area contributed by atoms with Gasteiger partial charge in [0.2, 0.25) is 5.91 Å². The van der Waals surface area contributed by atoms with Crippen molar-refractivity contribution in [3.05, 3.63) is 83.4 Å². The topological polar surface area (TPSA) is 82.4 Å². The van der Waals surface area contributed by atoms with Crippen molar-refractivity contribution < 1.29 is 14.3 Å². The molecule has 1 heterocycles. The Kier molecular flexibility index (Phi) is 5.67. The Labute approximate surface area is 180 Å². The normalized spacial score (nSPS) is 13.0. The maximum Gasteiger partial charge on any atom is 0.255 e. The van der Waals surface area contributed by atoms with Crippen LogP contribution in [0.25, 0.3) is 0 Å². The van der Waals surface area contributed by atoms with Crippen LogP contribution in [0.5, 0.6) is 11.5 Å². The Hall–Kier alpha value is -4.11. The third-order valence-corrected chi connectivity index (χ3v) is 5.18. The summed E-state index contributed by atoms with van der Waals surface area (Å²) in [5, 5.41) is 11.8. The average molecular weight is 411 g/mol. The summed E-state index contributed by atoms with van der Waals surface area (Å²) in [5.41, 5.74) is 3.46. The molecule has 0 unspecified atom stereocenters. The highest BCUT2D eigenvalue weighted by molar-refractivity contribution is 6.05. The SMILES string of the molecule is Cc1cc(Oc2ccc(C#N)cc2)ccc1NC(=O)c1ccc(N2CCCC2=O)cc1. The summed E-state index contributed by atoms with van der Waals surface area (Å²) in [4.78, 5) is 26.3. The van der Waals surface area contributed by atoms with Gasteiger partial charge in [-0.3, -0.25) is 9.59 Å². The van der Waals surface area contributed by atoms with E-state index in [9.17, 15) is 9.59 Å². The monoisotopic (exact) mass is 411 g/mol. The van der Waals surface area contributed by atoms with Crippen molar-refractivity contribution in [2.75, 3.05) is 16.8 Å². The number of amides is 2. The first-order valence-corrected chi connectivity index (χ1v) is 10.0. The smallest absolute Gasteiger partial charge is 0.255 e. The first kappa shape index (κ1) is 20.2. The lowest BCUT2D eigenvalue weighted by atomic mass is 10.1. The third-order valence-electron chi connectivity index (χ3n) is 5.18. The molecule has 1 aliphatic rings. The van der Waals surface area contributed by atoms with Gasteiger partial charge in [0.05, 0.1) is 11.6 Å². The first-order chi connectivity index (χ1) is 15.0. The van der Waals surface area contributed by atoms with Crippen molar-refractivity contribution in [1.29, 1.82) is 5.26 Å². The highest BCUT2D eigenvalue weighted by atomic mass is 16.5. The van der Waals surface area contributed by atoms with Crippen molar-refractivity contribution in [3.63, 3.8) is 0 Å². The zero-order valence-electron chi connectivity index (χ0n) is 17.1. The summed E-state index contributed by atoms with van der Waals surface area (Å²) in [5.74, 6) is 1.17. The number of hydrogen-bond donors (Lipinski definition) is 1. The van der Waals surface area contributed by atoms with Crippen LogP contribution < -0.4 is 15.0 Å². The molecule has 0 radical (unpaired) electrons. The van der Waals surface area contributed by atoms with Crippen molar-refractivity contribution in [2.24, 2.45) is 0 Å². The number of carbonyl (C=O) groups excluding carboxylic acids is 2. The van der Waals surface area contributed by atoms with Gasteiger partial charge in [-0.25, -0.2) is 0 Å². The number of anilines is 2. The largest absolute Gasteiger partial charge is 0.457 e. The Bertz CT molecular complexity index is 1160. The lowest BCUT2D eigenvalue weighted by molar-refractivity contribution is -0.117. The van der Waals surface area contributed by atoms with E-state index in [0.29, 0.717) is 34.7 Å². The maximum atomic E-state index is 12.7. The second-order valence-corrected chi connectivity index (χ2v) is 7.36. The minimum atomic E-state index is -0.219. The van der Waals surface area contributed by atoms with Crippen LogP contribution in [0.3, 0.4) is 0 Å². The Morgan fingerprint density at radius 3 is 2.35 bits per heavy atom.